The van der Waals surface area contributed by atoms with E-state index in [0.717, 1.165) is 12.7 Å². The van der Waals surface area contributed by atoms with Crippen LogP contribution in [0.3, 0.4) is 0 Å². The Labute approximate surface area is 114 Å². The van der Waals surface area contributed by atoms with Crippen LogP contribution in [0.25, 0.3) is 0 Å². The molecule has 1 fully saturated rings. The van der Waals surface area contributed by atoms with Crippen LogP contribution in [0.1, 0.15) is 33.6 Å². The van der Waals surface area contributed by atoms with Crippen LogP contribution in [0, 0.1) is 0 Å². The Bertz CT molecular complexity index is 329. The highest BCUT2D eigenvalue weighted by Gasteiger charge is 2.32. The van der Waals surface area contributed by atoms with Crippen molar-refractivity contribution in [3.8, 4) is 0 Å². The molecule has 1 N–H and O–H groups in total. The Morgan fingerprint density at radius 3 is 2.63 bits per heavy atom. The fraction of sp³-hybridized carbons (Fsp3) is 0.833. The van der Waals surface area contributed by atoms with Crippen molar-refractivity contribution < 1.29 is 23.7 Å². The van der Waals surface area contributed by atoms with Gasteiger partial charge in [0, 0.05) is 0 Å². The summed E-state index contributed by atoms with van der Waals surface area (Å²) in [7, 11) is 1.14. The van der Waals surface area contributed by atoms with Crippen LogP contribution < -0.4 is 5.23 Å². The molecule has 0 aromatic carbocycles. The zero-order valence-electron chi connectivity index (χ0n) is 12.0. The molecular weight excluding hydrogens is 249 g/mol. The maximum Gasteiger partial charge on any atom is 0.380 e. The van der Waals surface area contributed by atoms with E-state index < -0.39 is 5.60 Å². The summed E-state index contributed by atoms with van der Waals surface area (Å²) in [6, 6.07) is 0. The molecule has 7 heteroatoms. The standard InChI is InChI=1S/C12H22BNO5/c1-12(2,3)18-10(15)7-9-5-6-13(19-9)14-8-11(16)17-4/h9,14H,5-8H2,1-4H3/t9-/m0/s1. The molecule has 0 aromatic rings. The van der Waals surface area contributed by atoms with Gasteiger partial charge in [0.15, 0.2) is 0 Å². The van der Waals surface area contributed by atoms with E-state index in [2.05, 4.69) is 9.96 Å². The predicted molar refractivity (Wildman–Crippen MR) is 70.5 cm³/mol. The van der Waals surface area contributed by atoms with Crippen LogP contribution in [-0.4, -0.2) is 44.3 Å². The van der Waals surface area contributed by atoms with E-state index in [4.69, 9.17) is 9.39 Å². The first kappa shape index (κ1) is 16.0. The molecule has 0 amide bonds. The summed E-state index contributed by atoms with van der Waals surface area (Å²) >= 11 is 0. The Morgan fingerprint density at radius 2 is 2.05 bits per heavy atom. The van der Waals surface area contributed by atoms with E-state index in [0.29, 0.717) is 0 Å². The van der Waals surface area contributed by atoms with Crippen LogP contribution in [0.4, 0.5) is 0 Å². The number of esters is 2. The van der Waals surface area contributed by atoms with Crippen LogP contribution in [0.2, 0.25) is 6.32 Å². The van der Waals surface area contributed by atoms with Gasteiger partial charge in [0.25, 0.3) is 0 Å². The van der Waals surface area contributed by atoms with Gasteiger partial charge in [-0.1, -0.05) is 0 Å². The van der Waals surface area contributed by atoms with Crippen molar-refractivity contribution in [2.75, 3.05) is 13.7 Å². The van der Waals surface area contributed by atoms with Crippen molar-refractivity contribution in [2.45, 2.75) is 51.6 Å². The van der Waals surface area contributed by atoms with Crippen LogP contribution in [0.15, 0.2) is 0 Å². The van der Waals surface area contributed by atoms with E-state index in [9.17, 15) is 9.59 Å². The zero-order valence-corrected chi connectivity index (χ0v) is 12.0. The summed E-state index contributed by atoms with van der Waals surface area (Å²) in [5, 5.41) is 2.93. The smallest absolute Gasteiger partial charge is 0.380 e. The SMILES string of the molecule is COC(=O)CNB1CC[C@@H](CC(=O)OC(C)(C)C)O1. The predicted octanol–water partition coefficient (Wildman–Crippen LogP) is 0.758. The first-order valence-corrected chi connectivity index (χ1v) is 6.47. The lowest BCUT2D eigenvalue weighted by atomic mass is 9.80. The van der Waals surface area contributed by atoms with Crippen molar-refractivity contribution in [3.05, 3.63) is 0 Å². The van der Waals surface area contributed by atoms with Gasteiger partial charge in [-0.3, -0.25) is 9.59 Å². The minimum absolute atomic E-state index is 0.111. The molecule has 0 aliphatic carbocycles. The Balaban J connectivity index is 2.25. The summed E-state index contributed by atoms with van der Waals surface area (Å²) in [6.45, 7) is 5.61. The summed E-state index contributed by atoms with van der Waals surface area (Å²) in [4.78, 5) is 22.6. The average molecular weight is 271 g/mol. The van der Waals surface area contributed by atoms with Crippen molar-refractivity contribution in [2.24, 2.45) is 0 Å². The number of rotatable bonds is 5. The Hall–Kier alpha value is -1.08. The largest absolute Gasteiger partial charge is 0.468 e. The minimum atomic E-state index is -0.474. The molecule has 0 spiro atoms. The van der Waals surface area contributed by atoms with Crippen molar-refractivity contribution in [3.63, 3.8) is 0 Å². The molecule has 1 heterocycles. The summed E-state index contributed by atoms with van der Waals surface area (Å²) < 4.78 is 15.4. The highest BCUT2D eigenvalue weighted by atomic mass is 16.6. The van der Waals surface area contributed by atoms with Gasteiger partial charge in [0.2, 0.25) is 0 Å². The van der Waals surface area contributed by atoms with Gasteiger partial charge >= 0.3 is 19.0 Å². The number of ether oxygens (including phenoxy) is 2. The van der Waals surface area contributed by atoms with Gasteiger partial charge in [-0.25, -0.2) is 0 Å². The molecule has 19 heavy (non-hydrogen) atoms. The topological polar surface area (TPSA) is 73.9 Å². The molecule has 0 aromatic heterocycles. The number of nitrogens with one attached hydrogen (secondary N) is 1. The van der Waals surface area contributed by atoms with Gasteiger partial charge < -0.3 is 19.4 Å². The molecule has 1 atom stereocenters. The zero-order chi connectivity index (χ0) is 14.5. The lowest BCUT2D eigenvalue weighted by Gasteiger charge is -2.21. The number of methoxy groups -OCH3 is 1. The van der Waals surface area contributed by atoms with Gasteiger partial charge in [0.1, 0.15) is 5.60 Å². The molecule has 1 rings (SSSR count). The van der Waals surface area contributed by atoms with Crippen LogP contribution >= 0.6 is 0 Å². The van der Waals surface area contributed by atoms with E-state index in [1.807, 2.05) is 20.8 Å². The quantitative estimate of drug-likeness (QED) is 0.587. The fourth-order valence-corrected chi connectivity index (χ4v) is 1.84. The maximum atomic E-state index is 11.6. The third-order valence-corrected chi connectivity index (χ3v) is 2.62. The lowest BCUT2D eigenvalue weighted by Crippen LogP contribution is -2.38. The Morgan fingerprint density at radius 1 is 1.37 bits per heavy atom. The van der Waals surface area contributed by atoms with Crippen LogP contribution in [0.5, 0.6) is 0 Å². The third kappa shape index (κ3) is 6.59. The highest BCUT2D eigenvalue weighted by Crippen LogP contribution is 2.20. The molecule has 1 aliphatic rings. The van der Waals surface area contributed by atoms with Crippen LogP contribution in [-0.2, 0) is 23.7 Å². The second-order valence-electron chi connectivity index (χ2n) is 5.57. The van der Waals surface area contributed by atoms with E-state index in [-0.39, 0.29) is 38.1 Å². The molecular formula is C12H22BNO5. The number of carbonyl (C=O) groups is 2. The summed E-state index contributed by atoms with van der Waals surface area (Å²) in [6.07, 6.45) is 1.64. The summed E-state index contributed by atoms with van der Waals surface area (Å²) in [5.41, 5.74) is -0.474. The minimum Gasteiger partial charge on any atom is -0.468 e. The maximum absolute atomic E-state index is 11.6. The second kappa shape index (κ2) is 6.91. The number of carbonyl (C=O) groups excluding carboxylic acids is 2. The third-order valence-electron chi connectivity index (χ3n) is 2.62. The number of hydrogen-bond donors (Lipinski definition) is 1. The fourth-order valence-electron chi connectivity index (χ4n) is 1.84. The van der Waals surface area contributed by atoms with E-state index >= 15 is 0 Å². The normalized spacial score (nSPS) is 19.4. The van der Waals surface area contributed by atoms with E-state index in [1.165, 1.54) is 7.11 Å². The molecule has 1 aliphatic heterocycles. The molecule has 0 radical (unpaired) electrons. The van der Waals surface area contributed by atoms with Crippen molar-refractivity contribution in [1.29, 1.82) is 0 Å². The summed E-state index contributed by atoms with van der Waals surface area (Å²) in [5.74, 6) is -0.592. The van der Waals surface area contributed by atoms with Gasteiger partial charge in [0.05, 0.1) is 26.2 Å². The van der Waals surface area contributed by atoms with Crippen molar-refractivity contribution in [1.82, 2.24) is 5.23 Å². The van der Waals surface area contributed by atoms with Crippen molar-refractivity contribution >= 4 is 19.0 Å². The second-order valence-corrected chi connectivity index (χ2v) is 5.57. The molecule has 0 saturated carbocycles. The van der Waals surface area contributed by atoms with Gasteiger partial charge in [-0.15, -0.1) is 0 Å². The molecule has 6 nitrogen and oxygen atoms in total. The average Bonchev–Trinajstić information content (AvgIpc) is 2.70. The number of hydrogen-bond acceptors (Lipinski definition) is 6. The first-order valence-electron chi connectivity index (χ1n) is 6.47. The van der Waals surface area contributed by atoms with Gasteiger partial charge in [-0.2, -0.15) is 0 Å². The molecule has 0 unspecified atom stereocenters. The lowest BCUT2D eigenvalue weighted by molar-refractivity contribution is -0.156. The highest BCUT2D eigenvalue weighted by molar-refractivity contribution is 6.50. The molecule has 108 valence electrons. The van der Waals surface area contributed by atoms with E-state index in [1.54, 1.807) is 0 Å². The van der Waals surface area contributed by atoms with Gasteiger partial charge in [-0.05, 0) is 33.5 Å². The molecule has 1 saturated heterocycles. The Kier molecular flexibility index (Phi) is 5.81. The molecule has 0 bridgehead atoms. The first-order chi connectivity index (χ1) is 8.80. The monoisotopic (exact) mass is 271 g/mol.